The largest absolute Gasteiger partial charge is 0.497 e. The summed E-state index contributed by atoms with van der Waals surface area (Å²) in [5, 5.41) is 2.06. The normalized spacial score (nSPS) is 13.8. The molecule has 0 fully saturated rings. The number of thioether (sulfide) groups is 1. The molecule has 2 aromatic carbocycles. The Morgan fingerprint density at radius 2 is 1.73 bits per heavy atom. The van der Waals surface area contributed by atoms with Gasteiger partial charge in [-0.25, -0.2) is 9.78 Å². The minimum absolute atomic E-state index is 0.271. The summed E-state index contributed by atoms with van der Waals surface area (Å²) in [6.45, 7) is 10.2. The van der Waals surface area contributed by atoms with Crippen LogP contribution < -0.4 is 14.2 Å². The molecule has 214 valence electrons. The van der Waals surface area contributed by atoms with Crippen LogP contribution in [0.2, 0.25) is 0 Å². The van der Waals surface area contributed by atoms with Gasteiger partial charge in [0.05, 0.1) is 30.9 Å². The number of carbonyl (C=O) groups excluding carboxylic acids is 1. The molecule has 0 N–H and O–H groups in total. The number of carbonyl (C=O) groups is 1. The van der Waals surface area contributed by atoms with E-state index in [0.29, 0.717) is 36.8 Å². The number of nitrogens with zero attached hydrogens (tertiary/aromatic N) is 1. The van der Waals surface area contributed by atoms with Crippen LogP contribution in [0.1, 0.15) is 57.0 Å². The van der Waals surface area contributed by atoms with Crippen molar-refractivity contribution in [2.24, 2.45) is 0 Å². The topological polar surface area (TPSA) is 80.0 Å². The first-order chi connectivity index (χ1) is 19.4. The maximum atomic E-state index is 12.9. The van der Waals surface area contributed by atoms with E-state index in [1.165, 1.54) is 0 Å². The second-order valence-electron chi connectivity index (χ2n) is 8.96. The van der Waals surface area contributed by atoms with Crippen LogP contribution in [0.15, 0.2) is 70.5 Å². The minimum atomic E-state index is -1.20. The summed E-state index contributed by atoms with van der Waals surface area (Å²) in [7, 11) is 1.60. The van der Waals surface area contributed by atoms with Crippen molar-refractivity contribution in [2.75, 3.05) is 20.3 Å². The second-order valence-corrected chi connectivity index (χ2v) is 9.91. The zero-order valence-electron chi connectivity index (χ0n) is 24.2. The van der Waals surface area contributed by atoms with E-state index >= 15 is 0 Å². The van der Waals surface area contributed by atoms with Gasteiger partial charge in [0.15, 0.2) is 0 Å². The van der Waals surface area contributed by atoms with E-state index in [1.54, 1.807) is 57.0 Å². The Balaban J connectivity index is 0.00000216. The number of aromatic nitrogens is 1. The molecule has 0 spiro atoms. The number of rotatable bonds is 12. The van der Waals surface area contributed by atoms with Gasteiger partial charge < -0.3 is 23.4 Å². The highest BCUT2D eigenvalue weighted by Crippen LogP contribution is 2.32. The van der Waals surface area contributed by atoms with Crippen LogP contribution in [0.4, 0.5) is 0 Å². The molecule has 0 amide bonds. The van der Waals surface area contributed by atoms with Crippen LogP contribution in [-0.4, -0.2) is 36.9 Å². The third-order valence-electron chi connectivity index (χ3n) is 6.02. The standard InChI is InChI=1S/C30H33NO6S.C2H6/c1-5-34-29(32)30(3,37-25-15-13-23(33-4)14-16-25)20-22-9-11-24(12-10-22)35-18-17-26-21(2)36-28(31-26)27-8-6-7-19-38-27;1-2/h7-16,19H,5-6,17-18,20H2,1-4H3;1-2H3. The van der Waals surface area contributed by atoms with Gasteiger partial charge in [0.1, 0.15) is 23.0 Å². The van der Waals surface area contributed by atoms with Crippen LogP contribution in [0, 0.1) is 6.92 Å². The fourth-order valence-electron chi connectivity index (χ4n) is 4.00. The van der Waals surface area contributed by atoms with Gasteiger partial charge in [0.2, 0.25) is 11.5 Å². The molecule has 7 nitrogen and oxygen atoms in total. The molecule has 1 atom stereocenters. The van der Waals surface area contributed by atoms with E-state index < -0.39 is 11.6 Å². The molecule has 1 aliphatic heterocycles. The lowest BCUT2D eigenvalue weighted by Gasteiger charge is -2.28. The molecule has 40 heavy (non-hydrogen) atoms. The summed E-state index contributed by atoms with van der Waals surface area (Å²) in [6.07, 6.45) is 6.09. The number of esters is 1. The van der Waals surface area contributed by atoms with Crippen LogP contribution in [0.25, 0.3) is 4.91 Å². The van der Waals surface area contributed by atoms with Gasteiger partial charge in [0, 0.05) is 12.8 Å². The van der Waals surface area contributed by atoms with Crippen LogP contribution in [0.3, 0.4) is 0 Å². The fraction of sp³-hybridized carbons (Fsp3) is 0.375. The van der Waals surface area contributed by atoms with E-state index in [0.717, 1.165) is 34.1 Å². The smallest absolute Gasteiger partial charge is 0.350 e. The van der Waals surface area contributed by atoms with Gasteiger partial charge in [-0.1, -0.05) is 49.9 Å². The van der Waals surface area contributed by atoms with Gasteiger partial charge in [-0.2, -0.15) is 0 Å². The number of aryl methyl sites for hydroxylation is 1. The number of hydrogen-bond acceptors (Lipinski definition) is 8. The van der Waals surface area contributed by atoms with E-state index in [4.69, 9.17) is 23.4 Å². The molecule has 0 saturated heterocycles. The van der Waals surface area contributed by atoms with Crippen molar-refractivity contribution in [3.8, 4) is 17.2 Å². The molecular weight excluding hydrogens is 526 g/mol. The number of methoxy groups -OCH3 is 1. The van der Waals surface area contributed by atoms with Crippen LogP contribution >= 0.6 is 11.8 Å². The number of hydrogen-bond donors (Lipinski definition) is 0. The lowest BCUT2D eigenvalue weighted by molar-refractivity contribution is -0.160. The summed E-state index contributed by atoms with van der Waals surface area (Å²) in [5.74, 6) is 3.06. The third kappa shape index (κ3) is 8.42. The molecule has 1 aromatic heterocycles. The average molecular weight is 566 g/mol. The van der Waals surface area contributed by atoms with Gasteiger partial charge in [-0.3, -0.25) is 0 Å². The number of allylic oxidation sites excluding steroid dienone is 2. The first-order valence-corrected chi connectivity index (χ1v) is 14.5. The molecule has 1 aliphatic rings. The van der Waals surface area contributed by atoms with Gasteiger partial charge in [-0.05, 0) is 74.6 Å². The maximum absolute atomic E-state index is 12.9. The second kappa shape index (κ2) is 15.2. The highest BCUT2D eigenvalue weighted by Gasteiger charge is 2.37. The Kier molecular flexibility index (Phi) is 11.8. The van der Waals surface area contributed by atoms with Crippen molar-refractivity contribution in [3.63, 3.8) is 0 Å². The lowest BCUT2D eigenvalue weighted by Crippen LogP contribution is -2.45. The maximum Gasteiger partial charge on any atom is 0.350 e. The first kappa shape index (κ1) is 30.9. The van der Waals surface area contributed by atoms with Crippen molar-refractivity contribution >= 4 is 22.6 Å². The van der Waals surface area contributed by atoms with E-state index in [-0.39, 0.29) is 6.61 Å². The van der Waals surface area contributed by atoms with Crippen molar-refractivity contribution in [3.05, 3.63) is 89.0 Å². The van der Waals surface area contributed by atoms with Gasteiger partial charge >= 0.3 is 5.97 Å². The molecule has 1 unspecified atom stereocenters. The number of benzene rings is 2. The summed E-state index contributed by atoms with van der Waals surface area (Å²) in [6, 6.07) is 14.8. The average Bonchev–Trinajstić information content (AvgIpc) is 3.36. The Bertz CT molecular complexity index is 1280. The zero-order valence-corrected chi connectivity index (χ0v) is 25.0. The minimum Gasteiger partial charge on any atom is -0.497 e. The predicted octanol–water partition coefficient (Wildman–Crippen LogP) is 7.57. The van der Waals surface area contributed by atoms with E-state index in [9.17, 15) is 4.79 Å². The molecule has 0 saturated carbocycles. The zero-order chi connectivity index (χ0) is 29.0. The molecule has 0 bridgehead atoms. The molecular formula is C32H39NO6S. The van der Waals surface area contributed by atoms with E-state index in [2.05, 4.69) is 22.5 Å². The SMILES string of the molecule is CC.CCOC(=O)C(C)(Cc1ccc(OCCc2nc(C3=CCC=CS3)oc2C)cc1)Oc1ccc(OC)cc1. The molecule has 0 radical (unpaired) electrons. The first-order valence-electron chi connectivity index (χ1n) is 13.6. The van der Waals surface area contributed by atoms with Crippen molar-refractivity contribution < 1.29 is 28.2 Å². The molecule has 4 rings (SSSR count). The van der Waals surface area contributed by atoms with Crippen LogP contribution in [-0.2, 0) is 22.4 Å². The summed E-state index contributed by atoms with van der Waals surface area (Å²) in [4.78, 5) is 18.6. The number of ether oxygens (including phenoxy) is 4. The summed E-state index contributed by atoms with van der Waals surface area (Å²) in [5.41, 5.74) is 0.621. The van der Waals surface area contributed by atoms with Gasteiger partial charge in [0.25, 0.3) is 0 Å². The third-order valence-corrected chi connectivity index (χ3v) is 6.94. The Labute approximate surface area is 241 Å². The highest BCUT2D eigenvalue weighted by molar-refractivity contribution is 8.10. The van der Waals surface area contributed by atoms with Gasteiger partial charge in [-0.15, -0.1) is 0 Å². The van der Waals surface area contributed by atoms with Crippen molar-refractivity contribution in [2.45, 2.75) is 59.5 Å². The molecule has 0 aliphatic carbocycles. The number of oxazole rings is 1. The van der Waals surface area contributed by atoms with Crippen molar-refractivity contribution in [1.82, 2.24) is 4.98 Å². The monoisotopic (exact) mass is 565 g/mol. The van der Waals surface area contributed by atoms with E-state index in [1.807, 2.05) is 45.0 Å². The Morgan fingerprint density at radius 1 is 1.05 bits per heavy atom. The fourth-order valence-corrected chi connectivity index (χ4v) is 4.73. The lowest BCUT2D eigenvalue weighted by atomic mass is 9.96. The molecule has 2 heterocycles. The van der Waals surface area contributed by atoms with Crippen LogP contribution in [0.5, 0.6) is 17.2 Å². The highest BCUT2D eigenvalue weighted by atomic mass is 32.2. The summed E-state index contributed by atoms with van der Waals surface area (Å²) < 4.78 is 28.5. The molecule has 8 heteroatoms. The quantitative estimate of drug-likeness (QED) is 0.208. The van der Waals surface area contributed by atoms with Crippen molar-refractivity contribution in [1.29, 1.82) is 0 Å². The predicted molar refractivity (Wildman–Crippen MR) is 160 cm³/mol. The Morgan fingerprint density at radius 3 is 2.35 bits per heavy atom. The molecule has 3 aromatic rings. The summed E-state index contributed by atoms with van der Waals surface area (Å²) >= 11 is 1.62. The Hall–Kier alpha value is -3.65.